The van der Waals surface area contributed by atoms with Gasteiger partial charge in [0.25, 0.3) is 0 Å². The molecule has 1 aliphatic rings. The first kappa shape index (κ1) is 10.8. The highest BCUT2D eigenvalue weighted by Gasteiger charge is 2.19. The van der Waals surface area contributed by atoms with Crippen molar-refractivity contribution in [1.82, 2.24) is 9.80 Å². The van der Waals surface area contributed by atoms with E-state index in [2.05, 4.69) is 12.7 Å². The Balaban J connectivity index is 2.72. The minimum absolute atomic E-state index is 0.0399. The summed E-state index contributed by atoms with van der Waals surface area (Å²) in [5.41, 5.74) is 1.14. The standard InChI is InChI=1S/C11H18N2O/c1-4-9-13(11(14)12(2)3)10-7-5-6-8-10/h4,7H,1,5-6,8-9H2,2-3H3. The average molecular weight is 194 g/mol. The lowest BCUT2D eigenvalue weighted by molar-refractivity contribution is 0.187. The molecule has 78 valence electrons. The van der Waals surface area contributed by atoms with Gasteiger partial charge in [-0.3, -0.25) is 4.90 Å². The van der Waals surface area contributed by atoms with Gasteiger partial charge >= 0.3 is 6.03 Å². The molecule has 0 aromatic heterocycles. The number of rotatable bonds is 3. The third-order valence-corrected chi connectivity index (χ3v) is 2.29. The van der Waals surface area contributed by atoms with Crippen LogP contribution in [0.5, 0.6) is 0 Å². The number of carbonyl (C=O) groups excluding carboxylic acids is 1. The van der Waals surface area contributed by atoms with Crippen LogP contribution in [0.1, 0.15) is 19.3 Å². The summed E-state index contributed by atoms with van der Waals surface area (Å²) in [5, 5.41) is 0. The first-order chi connectivity index (χ1) is 6.66. The Hall–Kier alpha value is -1.25. The Kier molecular flexibility index (Phi) is 3.74. The van der Waals surface area contributed by atoms with E-state index in [0.29, 0.717) is 6.54 Å². The van der Waals surface area contributed by atoms with Gasteiger partial charge in [0.2, 0.25) is 0 Å². The molecule has 0 aromatic rings. The molecular weight excluding hydrogens is 176 g/mol. The van der Waals surface area contributed by atoms with Crippen LogP contribution >= 0.6 is 0 Å². The second-order valence-corrected chi connectivity index (χ2v) is 3.66. The molecule has 1 aliphatic carbocycles. The van der Waals surface area contributed by atoms with E-state index in [-0.39, 0.29) is 6.03 Å². The molecule has 1 rings (SSSR count). The maximum atomic E-state index is 11.8. The smallest absolute Gasteiger partial charge is 0.323 e. The largest absolute Gasteiger partial charge is 0.330 e. The van der Waals surface area contributed by atoms with Crippen LogP contribution in [-0.4, -0.2) is 36.5 Å². The van der Waals surface area contributed by atoms with Crippen LogP contribution in [0, 0.1) is 0 Å². The van der Waals surface area contributed by atoms with Crippen LogP contribution in [0.3, 0.4) is 0 Å². The van der Waals surface area contributed by atoms with Crippen molar-refractivity contribution in [2.75, 3.05) is 20.6 Å². The fourth-order valence-electron chi connectivity index (χ4n) is 1.59. The molecule has 0 heterocycles. The second kappa shape index (κ2) is 4.84. The first-order valence-corrected chi connectivity index (χ1v) is 4.95. The van der Waals surface area contributed by atoms with Crippen LogP contribution in [0.15, 0.2) is 24.4 Å². The van der Waals surface area contributed by atoms with Gasteiger partial charge in [-0.05, 0) is 19.3 Å². The van der Waals surface area contributed by atoms with Gasteiger partial charge in [-0.1, -0.05) is 12.2 Å². The average Bonchev–Trinajstić information content (AvgIpc) is 2.65. The van der Waals surface area contributed by atoms with Gasteiger partial charge in [0.1, 0.15) is 0 Å². The Morgan fingerprint density at radius 3 is 2.79 bits per heavy atom. The first-order valence-electron chi connectivity index (χ1n) is 4.95. The van der Waals surface area contributed by atoms with Crippen LogP contribution in [0.4, 0.5) is 4.79 Å². The monoisotopic (exact) mass is 194 g/mol. The fraction of sp³-hybridized carbons (Fsp3) is 0.545. The zero-order chi connectivity index (χ0) is 10.6. The Morgan fingerprint density at radius 2 is 2.36 bits per heavy atom. The molecule has 0 bridgehead atoms. The van der Waals surface area contributed by atoms with Crippen molar-refractivity contribution < 1.29 is 4.79 Å². The van der Waals surface area contributed by atoms with Gasteiger partial charge in [0.15, 0.2) is 0 Å². The van der Waals surface area contributed by atoms with E-state index in [0.717, 1.165) is 25.0 Å². The number of hydrogen-bond acceptors (Lipinski definition) is 1. The second-order valence-electron chi connectivity index (χ2n) is 3.66. The summed E-state index contributed by atoms with van der Waals surface area (Å²) in [6.45, 7) is 4.27. The van der Waals surface area contributed by atoms with Crippen LogP contribution in [-0.2, 0) is 0 Å². The number of nitrogens with zero attached hydrogens (tertiary/aromatic N) is 2. The van der Waals surface area contributed by atoms with E-state index in [1.165, 1.54) is 0 Å². The zero-order valence-electron chi connectivity index (χ0n) is 8.99. The molecule has 0 aliphatic heterocycles. The molecule has 0 saturated heterocycles. The minimum Gasteiger partial charge on any atom is -0.330 e. The van der Waals surface area contributed by atoms with Gasteiger partial charge in [0.05, 0.1) is 0 Å². The SMILES string of the molecule is C=CCN(C(=O)N(C)C)C1=CCCC1. The molecule has 3 heteroatoms. The summed E-state index contributed by atoms with van der Waals surface area (Å²) in [7, 11) is 3.54. The lowest BCUT2D eigenvalue weighted by Crippen LogP contribution is -2.38. The number of carbonyl (C=O) groups is 1. The van der Waals surface area contributed by atoms with Crippen molar-refractivity contribution in [3.8, 4) is 0 Å². The highest BCUT2D eigenvalue weighted by atomic mass is 16.2. The zero-order valence-corrected chi connectivity index (χ0v) is 8.99. The van der Waals surface area contributed by atoms with E-state index in [1.807, 2.05) is 0 Å². The fourth-order valence-corrected chi connectivity index (χ4v) is 1.59. The quantitative estimate of drug-likeness (QED) is 0.632. The summed E-state index contributed by atoms with van der Waals surface area (Å²) < 4.78 is 0. The Labute approximate surface area is 85.7 Å². The normalized spacial score (nSPS) is 14.9. The molecule has 3 nitrogen and oxygen atoms in total. The third-order valence-electron chi connectivity index (χ3n) is 2.29. The third kappa shape index (κ3) is 2.37. The van der Waals surface area contributed by atoms with Crippen molar-refractivity contribution in [1.29, 1.82) is 0 Å². The van der Waals surface area contributed by atoms with E-state index < -0.39 is 0 Å². The summed E-state index contributed by atoms with van der Waals surface area (Å²) >= 11 is 0. The summed E-state index contributed by atoms with van der Waals surface area (Å²) in [6.07, 6.45) is 7.16. The highest BCUT2D eigenvalue weighted by molar-refractivity contribution is 5.76. The van der Waals surface area contributed by atoms with Crippen molar-refractivity contribution in [3.63, 3.8) is 0 Å². The molecular formula is C11H18N2O. The van der Waals surface area contributed by atoms with Crippen LogP contribution < -0.4 is 0 Å². The van der Waals surface area contributed by atoms with Crippen molar-refractivity contribution >= 4 is 6.03 Å². The number of hydrogen-bond donors (Lipinski definition) is 0. The predicted molar refractivity (Wildman–Crippen MR) is 57.9 cm³/mol. The van der Waals surface area contributed by atoms with Gasteiger partial charge in [-0.2, -0.15) is 0 Å². The van der Waals surface area contributed by atoms with Crippen molar-refractivity contribution in [3.05, 3.63) is 24.4 Å². The summed E-state index contributed by atoms with van der Waals surface area (Å²) in [5.74, 6) is 0. The molecule has 14 heavy (non-hydrogen) atoms. The molecule has 0 radical (unpaired) electrons. The molecule has 2 amide bonds. The summed E-state index contributed by atoms with van der Waals surface area (Å²) in [4.78, 5) is 15.2. The van der Waals surface area contributed by atoms with Crippen molar-refractivity contribution in [2.45, 2.75) is 19.3 Å². The molecule has 0 aromatic carbocycles. The van der Waals surface area contributed by atoms with E-state index >= 15 is 0 Å². The lowest BCUT2D eigenvalue weighted by atomic mass is 10.3. The molecule has 0 atom stereocenters. The van der Waals surface area contributed by atoms with Gasteiger partial charge in [0, 0.05) is 26.3 Å². The van der Waals surface area contributed by atoms with E-state index in [4.69, 9.17) is 0 Å². The molecule has 0 unspecified atom stereocenters. The molecule has 0 N–H and O–H groups in total. The van der Waals surface area contributed by atoms with Gasteiger partial charge < -0.3 is 4.90 Å². The lowest BCUT2D eigenvalue weighted by Gasteiger charge is -2.25. The van der Waals surface area contributed by atoms with Gasteiger partial charge in [-0.15, -0.1) is 6.58 Å². The highest BCUT2D eigenvalue weighted by Crippen LogP contribution is 2.22. The predicted octanol–water partition coefficient (Wildman–Crippen LogP) is 2.22. The van der Waals surface area contributed by atoms with E-state index in [1.54, 1.807) is 30.0 Å². The van der Waals surface area contributed by atoms with Crippen molar-refractivity contribution in [2.24, 2.45) is 0 Å². The maximum Gasteiger partial charge on any atom is 0.323 e. The van der Waals surface area contributed by atoms with Gasteiger partial charge in [-0.25, -0.2) is 4.79 Å². The van der Waals surface area contributed by atoms with Crippen LogP contribution in [0.2, 0.25) is 0 Å². The minimum atomic E-state index is 0.0399. The topological polar surface area (TPSA) is 23.6 Å². The Bertz CT molecular complexity index is 256. The molecule has 0 fully saturated rings. The number of amides is 2. The summed E-state index contributed by atoms with van der Waals surface area (Å²) in [6, 6.07) is 0.0399. The van der Waals surface area contributed by atoms with Crippen LogP contribution in [0.25, 0.3) is 0 Å². The Morgan fingerprint density at radius 1 is 1.64 bits per heavy atom. The van der Waals surface area contributed by atoms with E-state index in [9.17, 15) is 4.79 Å². The number of allylic oxidation sites excluding steroid dienone is 2. The molecule has 0 spiro atoms. The number of urea groups is 1. The molecule has 0 saturated carbocycles. The maximum absolute atomic E-state index is 11.8.